The maximum absolute atomic E-state index is 14.9. The minimum Gasteiger partial charge on any atom is -0.436 e. The summed E-state index contributed by atoms with van der Waals surface area (Å²) >= 11 is 0. The standard InChI is InChI=1S/C25H22F2N4O4/c1-14-20(26)22(34-18-8-6-7-15(9-18)13-28)29-23(21(14)27)35-19-11-16(24(32)30(2)3)10-17(12-19)25(33)31(4)5/h6-12H,1-5H3. The third-order valence-corrected chi connectivity index (χ3v) is 4.84. The van der Waals surface area contributed by atoms with Gasteiger partial charge >= 0.3 is 0 Å². The molecule has 0 aliphatic rings. The van der Waals surface area contributed by atoms with Crippen LogP contribution in [0.15, 0.2) is 42.5 Å². The van der Waals surface area contributed by atoms with Crippen LogP contribution in [0.25, 0.3) is 0 Å². The highest BCUT2D eigenvalue weighted by molar-refractivity contribution is 6.00. The Hall–Kier alpha value is -4.52. The van der Waals surface area contributed by atoms with Gasteiger partial charge in [-0.2, -0.15) is 10.2 Å². The molecule has 1 heterocycles. The molecular formula is C25H22F2N4O4. The highest BCUT2D eigenvalue weighted by Crippen LogP contribution is 2.33. The molecule has 10 heteroatoms. The Kier molecular flexibility index (Phi) is 7.30. The van der Waals surface area contributed by atoms with E-state index in [0.29, 0.717) is 0 Å². The van der Waals surface area contributed by atoms with Gasteiger partial charge in [-0.25, -0.2) is 8.78 Å². The normalized spacial score (nSPS) is 10.3. The van der Waals surface area contributed by atoms with Gasteiger partial charge in [0, 0.05) is 44.9 Å². The van der Waals surface area contributed by atoms with E-state index >= 15 is 0 Å². The fraction of sp³-hybridized carbons (Fsp3) is 0.200. The largest absolute Gasteiger partial charge is 0.436 e. The van der Waals surface area contributed by atoms with Gasteiger partial charge < -0.3 is 19.3 Å². The lowest BCUT2D eigenvalue weighted by Gasteiger charge is -2.16. The van der Waals surface area contributed by atoms with Gasteiger partial charge in [-0.15, -0.1) is 0 Å². The predicted octanol–water partition coefficient (Wildman–Crippen LogP) is 4.53. The van der Waals surface area contributed by atoms with Gasteiger partial charge in [0.2, 0.25) is 0 Å². The van der Waals surface area contributed by atoms with Crippen molar-refractivity contribution >= 4 is 11.8 Å². The number of aromatic nitrogens is 1. The van der Waals surface area contributed by atoms with E-state index in [1.807, 2.05) is 6.07 Å². The number of halogens is 2. The van der Waals surface area contributed by atoms with E-state index in [1.54, 1.807) is 28.2 Å². The van der Waals surface area contributed by atoms with Crippen molar-refractivity contribution in [3.05, 3.63) is 76.4 Å². The summed E-state index contributed by atoms with van der Waals surface area (Å²) in [7, 11) is 6.16. The molecule has 0 N–H and O–H groups in total. The Morgan fingerprint density at radius 3 is 1.86 bits per heavy atom. The number of benzene rings is 2. The Balaban J connectivity index is 2.06. The first-order valence-electron chi connectivity index (χ1n) is 10.3. The van der Waals surface area contributed by atoms with Crippen LogP contribution >= 0.6 is 0 Å². The number of rotatable bonds is 6. The third kappa shape index (κ3) is 5.52. The molecule has 0 aliphatic heterocycles. The Bertz CT molecular complexity index is 1310. The molecule has 0 fully saturated rings. The first-order chi connectivity index (χ1) is 16.5. The van der Waals surface area contributed by atoms with E-state index in [0.717, 1.165) is 0 Å². The summed E-state index contributed by atoms with van der Waals surface area (Å²) < 4.78 is 40.6. The molecule has 0 atom stereocenters. The molecule has 0 unspecified atom stereocenters. The smallest absolute Gasteiger partial charge is 0.259 e. The average molecular weight is 480 g/mol. The number of pyridine rings is 1. The fourth-order valence-corrected chi connectivity index (χ4v) is 3.02. The molecule has 2 amide bonds. The molecule has 0 radical (unpaired) electrons. The molecule has 0 saturated carbocycles. The van der Waals surface area contributed by atoms with E-state index in [9.17, 15) is 18.4 Å². The van der Waals surface area contributed by atoms with Crippen LogP contribution in [0.1, 0.15) is 31.8 Å². The van der Waals surface area contributed by atoms with Crippen LogP contribution in [0.5, 0.6) is 23.3 Å². The van der Waals surface area contributed by atoms with E-state index in [2.05, 4.69) is 4.98 Å². The van der Waals surface area contributed by atoms with E-state index in [1.165, 1.54) is 59.2 Å². The van der Waals surface area contributed by atoms with Crippen molar-refractivity contribution < 1.29 is 27.8 Å². The minimum absolute atomic E-state index is 0.0577. The van der Waals surface area contributed by atoms with Crippen LogP contribution in [-0.2, 0) is 0 Å². The molecule has 0 spiro atoms. The topological polar surface area (TPSA) is 95.8 Å². The van der Waals surface area contributed by atoms with E-state index in [4.69, 9.17) is 14.7 Å². The second-order valence-electron chi connectivity index (χ2n) is 7.96. The summed E-state index contributed by atoms with van der Waals surface area (Å²) in [5.41, 5.74) is 0.119. The number of hydrogen-bond acceptors (Lipinski definition) is 6. The molecule has 8 nitrogen and oxygen atoms in total. The molecule has 0 aliphatic carbocycles. The summed E-state index contributed by atoms with van der Waals surface area (Å²) in [6, 6.07) is 11.9. The number of nitrogens with zero attached hydrogens (tertiary/aromatic N) is 4. The zero-order valence-electron chi connectivity index (χ0n) is 19.7. The Morgan fingerprint density at radius 2 is 1.37 bits per heavy atom. The third-order valence-electron chi connectivity index (χ3n) is 4.84. The first-order valence-corrected chi connectivity index (χ1v) is 10.3. The van der Waals surface area contributed by atoms with Gasteiger partial charge in [-0.05, 0) is 43.3 Å². The molecule has 0 bridgehead atoms. The lowest BCUT2D eigenvalue weighted by Crippen LogP contribution is -2.24. The predicted molar refractivity (Wildman–Crippen MR) is 123 cm³/mol. The summed E-state index contributed by atoms with van der Waals surface area (Å²) in [5.74, 6) is -4.07. The van der Waals surface area contributed by atoms with Gasteiger partial charge in [0.15, 0.2) is 11.6 Å². The van der Waals surface area contributed by atoms with Crippen LogP contribution in [0, 0.1) is 29.9 Å². The number of ether oxygens (including phenoxy) is 2. The van der Waals surface area contributed by atoms with Crippen molar-refractivity contribution in [2.24, 2.45) is 0 Å². The summed E-state index contributed by atoms with van der Waals surface area (Å²) in [5, 5.41) is 9.04. The van der Waals surface area contributed by atoms with Crippen LogP contribution in [0.2, 0.25) is 0 Å². The van der Waals surface area contributed by atoms with Crippen molar-refractivity contribution in [2.75, 3.05) is 28.2 Å². The number of hydrogen-bond donors (Lipinski definition) is 0. The summed E-state index contributed by atoms with van der Waals surface area (Å²) in [4.78, 5) is 31.5. The quantitative estimate of drug-likeness (QED) is 0.515. The number of carbonyl (C=O) groups excluding carboxylic acids is 2. The number of amides is 2. The SMILES string of the molecule is Cc1c(F)c(Oc2cccc(C#N)c2)nc(Oc2cc(C(=O)N(C)C)cc(C(=O)N(C)C)c2)c1F. The van der Waals surface area contributed by atoms with Crippen LogP contribution in [0.3, 0.4) is 0 Å². The number of nitriles is 1. The monoisotopic (exact) mass is 480 g/mol. The summed E-state index contributed by atoms with van der Waals surface area (Å²) in [6.07, 6.45) is 0. The fourth-order valence-electron chi connectivity index (χ4n) is 3.02. The zero-order chi connectivity index (χ0) is 25.9. The minimum atomic E-state index is -1.08. The molecule has 0 saturated heterocycles. The molecule has 1 aromatic heterocycles. The van der Waals surface area contributed by atoms with Crippen molar-refractivity contribution in [3.63, 3.8) is 0 Å². The maximum atomic E-state index is 14.9. The van der Waals surface area contributed by atoms with Gasteiger partial charge in [0.25, 0.3) is 23.6 Å². The van der Waals surface area contributed by atoms with Gasteiger partial charge in [0.1, 0.15) is 11.5 Å². The molecule has 180 valence electrons. The van der Waals surface area contributed by atoms with Gasteiger partial charge in [-0.3, -0.25) is 9.59 Å². The van der Waals surface area contributed by atoms with E-state index in [-0.39, 0.29) is 28.2 Å². The van der Waals surface area contributed by atoms with Crippen molar-refractivity contribution in [1.82, 2.24) is 14.8 Å². The van der Waals surface area contributed by atoms with Crippen molar-refractivity contribution in [1.29, 1.82) is 5.26 Å². The van der Waals surface area contributed by atoms with Crippen LogP contribution < -0.4 is 9.47 Å². The molecule has 3 aromatic rings. The van der Waals surface area contributed by atoms with Crippen molar-refractivity contribution in [2.45, 2.75) is 6.92 Å². The molecule has 35 heavy (non-hydrogen) atoms. The maximum Gasteiger partial charge on any atom is 0.259 e. The second-order valence-corrected chi connectivity index (χ2v) is 7.96. The van der Waals surface area contributed by atoms with Gasteiger partial charge in [-0.1, -0.05) is 6.07 Å². The highest BCUT2D eigenvalue weighted by atomic mass is 19.1. The first kappa shape index (κ1) is 25.1. The van der Waals surface area contributed by atoms with E-state index < -0.39 is 40.8 Å². The average Bonchev–Trinajstić information content (AvgIpc) is 2.84. The lowest BCUT2D eigenvalue weighted by atomic mass is 10.1. The van der Waals surface area contributed by atoms with Crippen LogP contribution in [0.4, 0.5) is 8.78 Å². The molecular weight excluding hydrogens is 458 g/mol. The zero-order valence-corrected chi connectivity index (χ0v) is 19.7. The lowest BCUT2D eigenvalue weighted by molar-refractivity contribution is 0.0825. The molecule has 2 aromatic carbocycles. The Morgan fingerprint density at radius 1 is 0.857 bits per heavy atom. The van der Waals surface area contributed by atoms with Gasteiger partial charge in [0.05, 0.1) is 11.6 Å². The number of carbonyl (C=O) groups is 2. The summed E-state index contributed by atoms with van der Waals surface area (Å²) in [6.45, 7) is 1.19. The highest BCUT2D eigenvalue weighted by Gasteiger charge is 2.22. The van der Waals surface area contributed by atoms with Crippen molar-refractivity contribution in [3.8, 4) is 29.3 Å². The Labute approximate surface area is 200 Å². The molecule has 3 rings (SSSR count). The second kappa shape index (κ2) is 10.2. The van der Waals surface area contributed by atoms with Crippen LogP contribution in [-0.4, -0.2) is 54.8 Å².